The van der Waals surface area contributed by atoms with Crippen LogP contribution in [0.15, 0.2) is 17.4 Å². The molecule has 0 aromatic carbocycles. The maximum Gasteiger partial charge on any atom is 0.324 e. The molecule has 1 heterocycles. The summed E-state index contributed by atoms with van der Waals surface area (Å²) in [7, 11) is 2.05. The molecular formula is C32H61N2O+. The van der Waals surface area contributed by atoms with E-state index in [0.717, 1.165) is 25.1 Å². The van der Waals surface area contributed by atoms with Crippen molar-refractivity contribution in [3.05, 3.63) is 12.4 Å². The van der Waals surface area contributed by atoms with Crippen LogP contribution in [0.3, 0.4) is 0 Å². The van der Waals surface area contributed by atoms with Gasteiger partial charge in [0.05, 0.1) is 19.7 Å². The van der Waals surface area contributed by atoms with Crippen molar-refractivity contribution < 1.29 is 9.28 Å². The lowest BCUT2D eigenvalue weighted by Crippen LogP contribution is -2.47. The molecule has 0 bridgehead atoms. The van der Waals surface area contributed by atoms with Crippen molar-refractivity contribution in [3.8, 4) is 0 Å². The summed E-state index contributed by atoms with van der Waals surface area (Å²) in [5, 5.41) is 0. The summed E-state index contributed by atoms with van der Waals surface area (Å²) in [5.74, 6) is 1.39. The summed E-state index contributed by atoms with van der Waals surface area (Å²) in [6, 6.07) is 0. The highest BCUT2D eigenvalue weighted by Gasteiger charge is 2.37. The smallest absolute Gasteiger partial charge is 0.230 e. The van der Waals surface area contributed by atoms with Gasteiger partial charge in [0.1, 0.15) is 6.20 Å². The first-order valence-corrected chi connectivity index (χ1v) is 15.8. The predicted octanol–water partition coefficient (Wildman–Crippen LogP) is 10.6. The molecule has 1 aliphatic heterocycles. The van der Waals surface area contributed by atoms with Gasteiger partial charge in [0, 0.05) is 6.42 Å². The highest BCUT2D eigenvalue weighted by molar-refractivity contribution is 5.90. The number of hydrogen-bond donors (Lipinski definition) is 0. The SMILES string of the molecule is CCCCCCCCCCCCCCC1=NC=C[N+]1(C)C(=O)CCCCCCCCCCCCC. The molecular weight excluding hydrogens is 428 g/mol. The Morgan fingerprint density at radius 3 is 1.40 bits per heavy atom. The van der Waals surface area contributed by atoms with Gasteiger partial charge in [-0.25, -0.2) is 9.79 Å². The van der Waals surface area contributed by atoms with Crippen molar-refractivity contribution in [3.63, 3.8) is 0 Å². The van der Waals surface area contributed by atoms with Gasteiger partial charge < -0.3 is 0 Å². The highest BCUT2D eigenvalue weighted by atomic mass is 16.2. The summed E-state index contributed by atoms with van der Waals surface area (Å²) in [6.07, 6.45) is 36.4. The lowest BCUT2D eigenvalue weighted by atomic mass is 10.0. The Morgan fingerprint density at radius 2 is 0.971 bits per heavy atom. The third kappa shape index (κ3) is 15.7. The van der Waals surface area contributed by atoms with E-state index < -0.39 is 0 Å². The van der Waals surface area contributed by atoms with Crippen LogP contribution in [0.1, 0.15) is 174 Å². The van der Waals surface area contributed by atoms with E-state index >= 15 is 0 Å². The van der Waals surface area contributed by atoms with Crippen molar-refractivity contribution in [2.24, 2.45) is 4.99 Å². The Hall–Kier alpha value is -0.960. The van der Waals surface area contributed by atoms with E-state index in [1.54, 1.807) is 0 Å². The van der Waals surface area contributed by atoms with Crippen LogP contribution in [0.25, 0.3) is 0 Å². The van der Waals surface area contributed by atoms with Crippen LogP contribution in [0.5, 0.6) is 0 Å². The zero-order valence-electron chi connectivity index (χ0n) is 24.1. The second-order valence-electron chi connectivity index (χ2n) is 11.2. The van der Waals surface area contributed by atoms with E-state index in [-0.39, 0.29) is 0 Å². The topological polar surface area (TPSA) is 29.4 Å². The highest BCUT2D eigenvalue weighted by Crippen LogP contribution is 2.22. The van der Waals surface area contributed by atoms with E-state index in [0.29, 0.717) is 16.8 Å². The van der Waals surface area contributed by atoms with Crippen molar-refractivity contribution in [2.75, 3.05) is 7.05 Å². The van der Waals surface area contributed by atoms with Gasteiger partial charge in [0.2, 0.25) is 5.84 Å². The third-order valence-corrected chi connectivity index (χ3v) is 7.89. The van der Waals surface area contributed by atoms with Gasteiger partial charge >= 0.3 is 5.91 Å². The number of rotatable bonds is 25. The molecule has 0 radical (unpaired) electrons. The number of amidine groups is 1. The number of carbonyl (C=O) groups is 1. The van der Waals surface area contributed by atoms with Crippen molar-refractivity contribution in [1.82, 2.24) is 0 Å². The number of hydrogen-bond acceptors (Lipinski definition) is 2. The number of aliphatic imine (C=N–C) groups is 1. The number of unbranched alkanes of at least 4 members (excludes halogenated alkanes) is 21. The molecule has 0 N–H and O–H groups in total. The van der Waals surface area contributed by atoms with Crippen LogP contribution >= 0.6 is 0 Å². The molecule has 204 valence electrons. The van der Waals surface area contributed by atoms with Crippen molar-refractivity contribution in [1.29, 1.82) is 0 Å². The Labute approximate surface area is 219 Å². The molecule has 1 rings (SSSR count). The van der Waals surface area contributed by atoms with Crippen LogP contribution in [0, 0.1) is 0 Å². The normalized spacial score (nSPS) is 17.3. The third-order valence-electron chi connectivity index (χ3n) is 7.89. The predicted molar refractivity (Wildman–Crippen MR) is 155 cm³/mol. The van der Waals surface area contributed by atoms with E-state index in [2.05, 4.69) is 18.8 Å². The molecule has 0 saturated carbocycles. The standard InChI is InChI=1S/C32H61N2O/c1-4-6-8-10-12-14-16-18-19-21-23-25-27-31-33-29-30-34(31,3)32(35)28-26-24-22-20-17-15-13-11-9-7-5-2/h29-30H,4-28H2,1-3H3/q+1. The molecule has 1 amide bonds. The van der Waals surface area contributed by atoms with Gasteiger partial charge in [-0.1, -0.05) is 149 Å². The first-order valence-electron chi connectivity index (χ1n) is 15.8. The Kier molecular flexibility index (Phi) is 20.4. The molecule has 1 aliphatic rings. The van der Waals surface area contributed by atoms with E-state index in [9.17, 15) is 4.79 Å². The molecule has 0 saturated heterocycles. The maximum atomic E-state index is 13.0. The van der Waals surface area contributed by atoms with Crippen LogP contribution in [0.4, 0.5) is 0 Å². The fourth-order valence-electron chi connectivity index (χ4n) is 5.28. The molecule has 0 aromatic heterocycles. The quantitative estimate of drug-likeness (QED) is 0.0926. The second-order valence-corrected chi connectivity index (χ2v) is 11.2. The van der Waals surface area contributed by atoms with Crippen LogP contribution in [-0.4, -0.2) is 23.3 Å². The van der Waals surface area contributed by atoms with E-state index in [1.807, 2.05) is 19.4 Å². The molecule has 35 heavy (non-hydrogen) atoms. The lowest BCUT2D eigenvalue weighted by molar-refractivity contribution is -0.683. The minimum absolute atomic E-state index is 0.326. The minimum Gasteiger partial charge on any atom is -0.230 e. The van der Waals surface area contributed by atoms with Crippen LogP contribution in [0.2, 0.25) is 0 Å². The Bertz CT molecular complexity index is 568. The lowest BCUT2D eigenvalue weighted by Gasteiger charge is -2.25. The minimum atomic E-state index is 0.326. The fourth-order valence-corrected chi connectivity index (χ4v) is 5.28. The molecule has 3 nitrogen and oxygen atoms in total. The number of amides is 1. The van der Waals surface area contributed by atoms with Crippen LogP contribution < -0.4 is 0 Å². The van der Waals surface area contributed by atoms with Gasteiger partial charge in [-0.2, -0.15) is 4.48 Å². The van der Waals surface area contributed by atoms with Gasteiger partial charge in [0.25, 0.3) is 0 Å². The number of quaternary nitrogens is 1. The summed E-state index contributed by atoms with van der Waals surface area (Å²) >= 11 is 0. The fraction of sp³-hybridized carbons (Fsp3) is 0.875. The van der Waals surface area contributed by atoms with Gasteiger partial charge in [-0.05, 0) is 12.8 Å². The van der Waals surface area contributed by atoms with Crippen molar-refractivity contribution in [2.45, 2.75) is 174 Å². The van der Waals surface area contributed by atoms with E-state index in [4.69, 9.17) is 0 Å². The zero-order valence-corrected chi connectivity index (χ0v) is 24.1. The van der Waals surface area contributed by atoms with Gasteiger partial charge in [0.15, 0.2) is 0 Å². The molecule has 0 spiro atoms. The zero-order chi connectivity index (χ0) is 25.5. The summed E-state index contributed by atoms with van der Waals surface area (Å²) in [4.78, 5) is 17.6. The largest absolute Gasteiger partial charge is 0.324 e. The molecule has 3 heteroatoms. The Morgan fingerprint density at radius 1 is 0.600 bits per heavy atom. The first kappa shape index (κ1) is 32.1. The van der Waals surface area contributed by atoms with E-state index in [1.165, 1.54) is 135 Å². The molecule has 0 fully saturated rings. The Balaban J connectivity index is 2.03. The maximum absolute atomic E-state index is 13.0. The van der Waals surface area contributed by atoms with Crippen molar-refractivity contribution >= 4 is 11.7 Å². The summed E-state index contributed by atoms with van der Waals surface area (Å²) in [6.45, 7) is 4.56. The molecule has 1 unspecified atom stereocenters. The second kappa shape index (κ2) is 22.3. The van der Waals surface area contributed by atoms with Crippen LogP contribution in [-0.2, 0) is 4.79 Å². The average molecular weight is 490 g/mol. The molecule has 0 aromatic rings. The van der Waals surface area contributed by atoms with Gasteiger partial charge in [-0.3, -0.25) is 0 Å². The summed E-state index contributed by atoms with van der Waals surface area (Å²) < 4.78 is 0.329. The average Bonchev–Trinajstić information content (AvgIpc) is 3.24. The molecule has 1 atom stereocenters. The number of nitrogens with zero attached hydrogens (tertiary/aromatic N) is 2. The van der Waals surface area contributed by atoms with Gasteiger partial charge in [-0.15, -0.1) is 0 Å². The number of carbonyl (C=O) groups excluding carboxylic acids is 1. The molecule has 0 aliphatic carbocycles. The first-order chi connectivity index (χ1) is 17.1. The monoisotopic (exact) mass is 489 g/mol. The summed E-state index contributed by atoms with van der Waals surface area (Å²) in [5.41, 5.74) is 0.